The molecule has 2 N–H and O–H groups in total. The van der Waals surface area contributed by atoms with Crippen molar-refractivity contribution in [1.82, 2.24) is 15.0 Å². The molecule has 0 aromatic carbocycles. The molecule has 0 aliphatic rings. The third-order valence-corrected chi connectivity index (χ3v) is 1.90. The van der Waals surface area contributed by atoms with Crippen LogP contribution in [0.3, 0.4) is 0 Å². The maximum atomic E-state index is 4.33. The van der Waals surface area contributed by atoms with Crippen molar-refractivity contribution in [2.24, 2.45) is 0 Å². The predicted octanol–water partition coefficient (Wildman–Crippen LogP) is 1.73. The number of aryl methyl sites for hydroxylation is 1. The number of aromatic nitrogens is 3. The molecule has 0 spiro atoms. The Balaban J connectivity index is 1.98. The van der Waals surface area contributed by atoms with Gasteiger partial charge in [-0.25, -0.2) is 9.97 Å². The highest BCUT2D eigenvalue weighted by Gasteiger charge is 1.95. The topological polar surface area (TPSA) is 53.6 Å². The van der Waals surface area contributed by atoms with E-state index >= 15 is 0 Å². The Morgan fingerprint density at radius 1 is 1.43 bits per heavy atom. The zero-order chi connectivity index (χ0) is 9.80. The Bertz CT molecular complexity index is 394. The maximum Gasteiger partial charge on any atom is 0.126 e. The number of anilines is 1. The van der Waals surface area contributed by atoms with Crippen molar-refractivity contribution in [2.75, 3.05) is 5.32 Å². The normalized spacial score (nSPS) is 10.1. The van der Waals surface area contributed by atoms with Crippen molar-refractivity contribution in [3.63, 3.8) is 0 Å². The van der Waals surface area contributed by atoms with Crippen LogP contribution in [-0.2, 0) is 6.54 Å². The summed E-state index contributed by atoms with van der Waals surface area (Å²) in [6.45, 7) is 2.69. The Hall–Kier alpha value is -1.84. The van der Waals surface area contributed by atoms with Gasteiger partial charge in [-0.2, -0.15) is 0 Å². The number of hydrogen-bond donors (Lipinski definition) is 2. The summed E-state index contributed by atoms with van der Waals surface area (Å²) < 4.78 is 0. The van der Waals surface area contributed by atoms with Crippen LogP contribution >= 0.6 is 0 Å². The van der Waals surface area contributed by atoms with Crippen molar-refractivity contribution >= 4 is 5.82 Å². The van der Waals surface area contributed by atoms with E-state index in [9.17, 15) is 0 Å². The van der Waals surface area contributed by atoms with Gasteiger partial charge in [0.25, 0.3) is 0 Å². The highest BCUT2D eigenvalue weighted by molar-refractivity contribution is 5.35. The van der Waals surface area contributed by atoms with Gasteiger partial charge in [0.1, 0.15) is 5.82 Å². The first-order valence-corrected chi connectivity index (χ1v) is 4.49. The summed E-state index contributed by atoms with van der Waals surface area (Å²) in [5, 5.41) is 3.21. The van der Waals surface area contributed by atoms with Crippen LogP contribution in [0, 0.1) is 6.92 Å². The maximum absolute atomic E-state index is 4.33. The molecule has 0 aliphatic carbocycles. The van der Waals surface area contributed by atoms with E-state index in [0.29, 0.717) is 0 Å². The molecular formula is C10H12N4. The van der Waals surface area contributed by atoms with E-state index < -0.39 is 0 Å². The quantitative estimate of drug-likeness (QED) is 0.771. The standard InChI is InChI=1S/C10H12N4/c1-8-3-2-4-10(14-8)12-6-9-5-11-7-13-9/h2-5,7H,6H2,1H3,(H,11,13)(H,12,14). The van der Waals surface area contributed by atoms with Crippen LogP contribution in [0.4, 0.5) is 5.82 Å². The van der Waals surface area contributed by atoms with Gasteiger partial charge < -0.3 is 10.3 Å². The molecule has 0 atom stereocenters. The predicted molar refractivity (Wildman–Crippen MR) is 54.9 cm³/mol. The molecule has 0 bridgehead atoms. The number of H-pyrrole nitrogens is 1. The SMILES string of the molecule is Cc1cccc(NCc2cnc[nH]2)n1. The number of hydrogen-bond acceptors (Lipinski definition) is 3. The average Bonchev–Trinajstić information content (AvgIpc) is 2.67. The third-order valence-electron chi connectivity index (χ3n) is 1.90. The Labute approximate surface area is 82.4 Å². The molecule has 0 aliphatic heterocycles. The number of nitrogens with zero attached hydrogens (tertiary/aromatic N) is 2. The second-order valence-corrected chi connectivity index (χ2v) is 3.09. The Kier molecular flexibility index (Phi) is 2.44. The molecule has 2 rings (SSSR count). The second-order valence-electron chi connectivity index (χ2n) is 3.09. The fourth-order valence-corrected chi connectivity index (χ4v) is 1.21. The van der Waals surface area contributed by atoms with Gasteiger partial charge in [0.05, 0.1) is 18.6 Å². The highest BCUT2D eigenvalue weighted by atomic mass is 15.0. The summed E-state index contributed by atoms with van der Waals surface area (Å²) in [6.07, 6.45) is 3.46. The fraction of sp³-hybridized carbons (Fsp3) is 0.200. The van der Waals surface area contributed by atoms with E-state index in [2.05, 4.69) is 20.3 Å². The zero-order valence-electron chi connectivity index (χ0n) is 7.99. The van der Waals surface area contributed by atoms with Gasteiger partial charge in [0.15, 0.2) is 0 Å². The van der Waals surface area contributed by atoms with Crippen molar-refractivity contribution < 1.29 is 0 Å². The van der Waals surface area contributed by atoms with Crippen molar-refractivity contribution in [3.8, 4) is 0 Å². The summed E-state index contributed by atoms with van der Waals surface area (Å²) in [7, 11) is 0. The highest BCUT2D eigenvalue weighted by Crippen LogP contribution is 2.05. The molecule has 4 nitrogen and oxygen atoms in total. The van der Waals surface area contributed by atoms with Crippen LogP contribution in [0.2, 0.25) is 0 Å². The lowest BCUT2D eigenvalue weighted by Crippen LogP contribution is -2.01. The molecule has 0 saturated heterocycles. The van der Waals surface area contributed by atoms with E-state index in [1.807, 2.05) is 25.1 Å². The van der Waals surface area contributed by atoms with Crippen LogP contribution in [0.5, 0.6) is 0 Å². The minimum atomic E-state index is 0.719. The first-order chi connectivity index (χ1) is 6.84. The molecule has 0 saturated carbocycles. The van der Waals surface area contributed by atoms with Gasteiger partial charge in [-0.05, 0) is 19.1 Å². The lowest BCUT2D eigenvalue weighted by molar-refractivity contribution is 1.04. The third kappa shape index (κ3) is 2.10. The summed E-state index contributed by atoms with van der Waals surface area (Å²) in [6, 6.07) is 5.91. The van der Waals surface area contributed by atoms with E-state index in [1.165, 1.54) is 0 Å². The zero-order valence-corrected chi connectivity index (χ0v) is 7.99. The Morgan fingerprint density at radius 2 is 2.36 bits per heavy atom. The van der Waals surface area contributed by atoms with Crippen LogP contribution < -0.4 is 5.32 Å². The summed E-state index contributed by atoms with van der Waals surface area (Å²) >= 11 is 0. The molecule has 72 valence electrons. The van der Waals surface area contributed by atoms with Crippen LogP contribution in [0.25, 0.3) is 0 Å². The van der Waals surface area contributed by atoms with E-state index in [1.54, 1.807) is 12.5 Å². The van der Waals surface area contributed by atoms with Gasteiger partial charge >= 0.3 is 0 Å². The molecule has 0 amide bonds. The molecule has 2 aromatic rings. The molecule has 14 heavy (non-hydrogen) atoms. The molecular weight excluding hydrogens is 176 g/mol. The number of pyridine rings is 1. The first kappa shape index (κ1) is 8.74. The van der Waals surface area contributed by atoms with E-state index in [-0.39, 0.29) is 0 Å². The summed E-state index contributed by atoms with van der Waals surface area (Å²) in [4.78, 5) is 11.3. The summed E-state index contributed by atoms with van der Waals surface area (Å²) in [5.41, 5.74) is 2.06. The lowest BCUT2D eigenvalue weighted by Gasteiger charge is -2.03. The van der Waals surface area contributed by atoms with Gasteiger partial charge in [0.2, 0.25) is 0 Å². The van der Waals surface area contributed by atoms with Gasteiger partial charge in [-0.3, -0.25) is 0 Å². The number of aromatic amines is 1. The molecule has 0 unspecified atom stereocenters. The number of rotatable bonds is 3. The van der Waals surface area contributed by atoms with Crippen LogP contribution in [0.15, 0.2) is 30.7 Å². The molecule has 2 heterocycles. The monoisotopic (exact) mass is 188 g/mol. The average molecular weight is 188 g/mol. The van der Waals surface area contributed by atoms with Crippen molar-refractivity contribution in [3.05, 3.63) is 42.1 Å². The van der Waals surface area contributed by atoms with Crippen LogP contribution in [-0.4, -0.2) is 15.0 Å². The Morgan fingerprint density at radius 3 is 3.07 bits per heavy atom. The number of nitrogens with one attached hydrogen (secondary N) is 2. The minimum Gasteiger partial charge on any atom is -0.364 e. The molecule has 4 heteroatoms. The van der Waals surface area contributed by atoms with Crippen molar-refractivity contribution in [1.29, 1.82) is 0 Å². The molecule has 0 radical (unpaired) electrons. The minimum absolute atomic E-state index is 0.719. The van der Waals surface area contributed by atoms with E-state index in [0.717, 1.165) is 23.8 Å². The number of imidazole rings is 1. The van der Waals surface area contributed by atoms with Gasteiger partial charge in [-0.15, -0.1) is 0 Å². The lowest BCUT2D eigenvalue weighted by atomic mass is 10.3. The van der Waals surface area contributed by atoms with Gasteiger partial charge in [0, 0.05) is 11.9 Å². The van der Waals surface area contributed by atoms with Crippen molar-refractivity contribution in [2.45, 2.75) is 13.5 Å². The second kappa shape index (κ2) is 3.91. The van der Waals surface area contributed by atoms with E-state index in [4.69, 9.17) is 0 Å². The summed E-state index contributed by atoms with van der Waals surface area (Å²) in [5.74, 6) is 0.889. The van der Waals surface area contributed by atoms with Gasteiger partial charge in [-0.1, -0.05) is 6.07 Å². The largest absolute Gasteiger partial charge is 0.364 e. The smallest absolute Gasteiger partial charge is 0.126 e. The van der Waals surface area contributed by atoms with Crippen LogP contribution in [0.1, 0.15) is 11.4 Å². The fourth-order valence-electron chi connectivity index (χ4n) is 1.21. The molecule has 0 fully saturated rings. The molecule has 2 aromatic heterocycles. The first-order valence-electron chi connectivity index (χ1n) is 4.49.